The molecule has 0 saturated carbocycles. The molecule has 0 aliphatic rings. The standard InChI is InChI=1S/C4H9.CH2.W/c1-4(2)3;;/h1-3H3;1H2;/q-1;;. The molecule has 38 valence electrons. The summed E-state index contributed by atoms with van der Waals surface area (Å²) >= 11 is 1.33. The Morgan fingerprint density at radius 2 is 1.17 bits per heavy atom. The van der Waals surface area contributed by atoms with E-state index in [9.17, 15) is 0 Å². The Hall–Kier alpha value is 0.558. The zero-order valence-corrected chi connectivity index (χ0v) is 7.55. The van der Waals surface area contributed by atoms with Crippen molar-refractivity contribution in [3.8, 4) is 0 Å². The van der Waals surface area contributed by atoms with Gasteiger partial charge in [-0.05, 0) is 0 Å². The Bertz CT molecular complexity index is 15.1. The van der Waals surface area contributed by atoms with E-state index in [4.69, 9.17) is 0 Å². The molecular formula is C5H11W-. The molecule has 0 radical (unpaired) electrons. The van der Waals surface area contributed by atoms with E-state index in [0.717, 1.165) is 0 Å². The van der Waals surface area contributed by atoms with Crippen LogP contribution in [-0.4, -0.2) is 4.90 Å². The van der Waals surface area contributed by atoms with Gasteiger partial charge in [-0.1, -0.05) is 0 Å². The van der Waals surface area contributed by atoms with E-state index in [1.54, 1.807) is 0 Å². The average molecular weight is 255 g/mol. The summed E-state index contributed by atoms with van der Waals surface area (Å²) in [5.74, 6) is 1.42. The second-order valence-corrected chi connectivity index (χ2v) is 1.50. The number of hydrogen-bond donors (Lipinski definition) is 0. The van der Waals surface area contributed by atoms with E-state index in [0.29, 0.717) is 0 Å². The zero-order chi connectivity index (χ0) is 5.58. The van der Waals surface area contributed by atoms with Gasteiger partial charge in [-0.2, -0.15) is 20.8 Å². The number of hydrogen-bond acceptors (Lipinski definition) is 0. The van der Waals surface area contributed by atoms with Crippen LogP contribution in [0.3, 0.4) is 0 Å². The van der Waals surface area contributed by atoms with Crippen LogP contribution in [0.2, 0.25) is 0 Å². The molecule has 0 aromatic heterocycles. The van der Waals surface area contributed by atoms with Gasteiger partial charge in [0.15, 0.2) is 0 Å². The molecule has 0 nitrogen and oxygen atoms in total. The fourth-order valence-electron chi connectivity index (χ4n) is 0. The summed E-state index contributed by atoms with van der Waals surface area (Å²) in [6.45, 7) is 6.25. The first-order chi connectivity index (χ1) is 2.73. The van der Waals surface area contributed by atoms with Crippen molar-refractivity contribution in [2.45, 2.75) is 20.8 Å². The predicted molar refractivity (Wildman–Crippen MR) is 27.4 cm³/mol. The molecule has 0 amide bonds. The van der Waals surface area contributed by atoms with Crippen molar-refractivity contribution >= 4 is 4.90 Å². The van der Waals surface area contributed by atoms with Gasteiger partial charge in [-0.25, -0.2) is 0 Å². The molecule has 0 aromatic rings. The molecule has 0 N–H and O–H groups in total. The third kappa shape index (κ3) is 185. The molecule has 0 spiro atoms. The molecule has 0 heterocycles. The fourth-order valence-corrected chi connectivity index (χ4v) is 0. The molecular weight excluding hydrogens is 244 g/mol. The van der Waals surface area contributed by atoms with Crippen molar-refractivity contribution in [2.24, 2.45) is 0 Å². The molecule has 0 atom stereocenters. The van der Waals surface area contributed by atoms with Crippen LogP contribution in [-0.2, 0) is 19.4 Å². The van der Waals surface area contributed by atoms with Gasteiger partial charge in [0.25, 0.3) is 0 Å². The Morgan fingerprint density at radius 1 is 1.17 bits per heavy atom. The molecule has 0 aliphatic heterocycles. The van der Waals surface area contributed by atoms with Crippen molar-refractivity contribution in [1.82, 2.24) is 0 Å². The number of rotatable bonds is 0. The molecule has 0 saturated heterocycles. The third-order valence-electron chi connectivity index (χ3n) is 0. The van der Waals surface area contributed by atoms with Crippen molar-refractivity contribution in [1.29, 1.82) is 0 Å². The van der Waals surface area contributed by atoms with Crippen LogP contribution in [0.15, 0.2) is 0 Å². The van der Waals surface area contributed by atoms with Gasteiger partial charge in [0, 0.05) is 0 Å². The van der Waals surface area contributed by atoms with Crippen LogP contribution in [0, 0.1) is 5.92 Å². The Balaban J connectivity index is 0. The van der Waals surface area contributed by atoms with E-state index in [1.165, 1.54) is 25.3 Å². The molecule has 0 aliphatic carbocycles. The van der Waals surface area contributed by atoms with E-state index < -0.39 is 0 Å². The first-order valence-electron chi connectivity index (χ1n) is 1.79. The first kappa shape index (κ1) is 9.75. The second kappa shape index (κ2) is 9.12. The molecule has 1 heteroatoms. The summed E-state index contributed by atoms with van der Waals surface area (Å²) in [6, 6.07) is 0. The van der Waals surface area contributed by atoms with Crippen LogP contribution in [0.5, 0.6) is 0 Å². The van der Waals surface area contributed by atoms with Crippen LogP contribution in [0.4, 0.5) is 0 Å². The molecule has 0 fully saturated rings. The van der Waals surface area contributed by atoms with Gasteiger partial charge < -0.3 is 5.92 Å². The molecule has 0 rings (SSSR count). The van der Waals surface area contributed by atoms with Gasteiger partial charge in [-0.15, -0.1) is 0 Å². The van der Waals surface area contributed by atoms with Gasteiger partial charge in [0.2, 0.25) is 0 Å². The van der Waals surface area contributed by atoms with Crippen LogP contribution >= 0.6 is 0 Å². The summed E-state index contributed by atoms with van der Waals surface area (Å²) in [6.07, 6.45) is 0. The van der Waals surface area contributed by atoms with Gasteiger partial charge in [0.1, 0.15) is 0 Å². The van der Waals surface area contributed by atoms with Crippen molar-refractivity contribution in [3.05, 3.63) is 5.92 Å². The summed E-state index contributed by atoms with van der Waals surface area (Å²) in [4.78, 5) is 3.33. The van der Waals surface area contributed by atoms with Crippen molar-refractivity contribution in [3.63, 3.8) is 0 Å². The van der Waals surface area contributed by atoms with Gasteiger partial charge in [-0.3, -0.25) is 0 Å². The second-order valence-electron chi connectivity index (χ2n) is 1.50. The Kier molecular flexibility index (Phi) is 14.8. The summed E-state index contributed by atoms with van der Waals surface area (Å²) in [5, 5.41) is 0. The summed E-state index contributed by atoms with van der Waals surface area (Å²) < 4.78 is 0. The third-order valence-corrected chi connectivity index (χ3v) is 0. The summed E-state index contributed by atoms with van der Waals surface area (Å²) in [5.41, 5.74) is 0. The van der Waals surface area contributed by atoms with Crippen LogP contribution in [0.1, 0.15) is 20.8 Å². The average Bonchev–Trinajstić information content (AvgIpc) is 1.41. The predicted octanol–water partition coefficient (Wildman–Crippen LogP) is 1.59. The van der Waals surface area contributed by atoms with E-state index in [-0.39, 0.29) is 0 Å². The maximum atomic E-state index is 3.33. The van der Waals surface area contributed by atoms with E-state index in [2.05, 4.69) is 25.7 Å². The van der Waals surface area contributed by atoms with Crippen molar-refractivity contribution < 1.29 is 19.4 Å². The van der Waals surface area contributed by atoms with Gasteiger partial charge >= 0.3 is 24.3 Å². The molecule has 0 bridgehead atoms. The molecule has 6 heavy (non-hydrogen) atoms. The van der Waals surface area contributed by atoms with Gasteiger partial charge in [0.05, 0.1) is 0 Å². The first-order valence-corrected chi connectivity index (χ1v) is 3.86. The van der Waals surface area contributed by atoms with E-state index in [1.807, 2.05) is 0 Å². The minimum absolute atomic E-state index is 1.33. The topological polar surface area (TPSA) is 0 Å². The Labute approximate surface area is 51.4 Å². The normalized spacial score (nSPS) is 6.67. The van der Waals surface area contributed by atoms with Crippen molar-refractivity contribution in [2.75, 3.05) is 0 Å². The quantitative estimate of drug-likeness (QED) is 0.576. The minimum atomic E-state index is 1.33. The van der Waals surface area contributed by atoms with Crippen LogP contribution in [0.25, 0.3) is 0 Å². The molecule has 0 unspecified atom stereocenters. The maximum absolute atomic E-state index is 3.33. The SMILES string of the molecule is C[C-](C)C.[CH2]=[W]. The van der Waals surface area contributed by atoms with E-state index >= 15 is 0 Å². The molecule has 0 aromatic carbocycles. The fraction of sp³-hybridized carbons (Fsp3) is 0.600. The zero-order valence-electron chi connectivity index (χ0n) is 4.62. The monoisotopic (exact) mass is 255 g/mol. The summed E-state index contributed by atoms with van der Waals surface area (Å²) in [7, 11) is 0. The Morgan fingerprint density at radius 3 is 1.17 bits per heavy atom. The van der Waals surface area contributed by atoms with Crippen LogP contribution < -0.4 is 0 Å².